The highest BCUT2D eigenvalue weighted by Gasteiger charge is 2.85. The van der Waals surface area contributed by atoms with Crippen molar-refractivity contribution in [3.63, 3.8) is 0 Å². The number of rotatable bonds is 0. The molecule has 4 rings (SSSR count). The maximum Gasteiger partial charge on any atom is 0.321 e. The lowest BCUT2D eigenvalue weighted by Crippen LogP contribution is -2.83. The van der Waals surface area contributed by atoms with Crippen LogP contribution in [-0.2, 0) is 19.1 Å². The van der Waals surface area contributed by atoms with Gasteiger partial charge < -0.3 is 19.7 Å². The Balaban J connectivity index is 1.98. The average Bonchev–Trinajstić information content (AvgIpc) is 2.62. The van der Waals surface area contributed by atoms with E-state index >= 15 is 0 Å². The van der Waals surface area contributed by atoms with E-state index in [1.807, 2.05) is 6.92 Å². The first-order valence-electron chi connectivity index (χ1n) is 7.53. The molecule has 2 aliphatic heterocycles. The highest BCUT2D eigenvalue weighted by Crippen LogP contribution is 2.72. The molecule has 4 fully saturated rings. The van der Waals surface area contributed by atoms with Gasteiger partial charge in [-0.25, -0.2) is 0 Å². The Hall–Kier alpha value is -1.14. The van der Waals surface area contributed by atoms with Gasteiger partial charge in [-0.2, -0.15) is 0 Å². The average molecular weight is 296 g/mol. The monoisotopic (exact) mass is 296 g/mol. The van der Waals surface area contributed by atoms with E-state index in [1.165, 1.54) is 6.92 Å². The molecule has 6 nitrogen and oxygen atoms in total. The van der Waals surface area contributed by atoms with Crippen molar-refractivity contribution >= 4 is 11.9 Å². The summed E-state index contributed by atoms with van der Waals surface area (Å²) in [6, 6.07) is 0. The highest BCUT2D eigenvalue weighted by molar-refractivity contribution is 5.87. The van der Waals surface area contributed by atoms with Gasteiger partial charge in [-0.05, 0) is 32.1 Å². The molecule has 0 amide bonds. The van der Waals surface area contributed by atoms with Gasteiger partial charge >= 0.3 is 11.9 Å². The molecule has 2 aliphatic carbocycles. The zero-order valence-electron chi connectivity index (χ0n) is 12.2. The Morgan fingerprint density at radius 3 is 2.57 bits per heavy atom. The number of cyclic esters (lactones) is 1. The second kappa shape index (κ2) is 3.43. The van der Waals surface area contributed by atoms with Crippen molar-refractivity contribution in [1.29, 1.82) is 0 Å². The van der Waals surface area contributed by atoms with E-state index in [-0.39, 0.29) is 18.9 Å². The molecule has 2 saturated carbocycles. The summed E-state index contributed by atoms with van der Waals surface area (Å²) in [4.78, 5) is 24.3. The first-order chi connectivity index (χ1) is 9.71. The van der Waals surface area contributed by atoms with E-state index in [4.69, 9.17) is 9.47 Å². The third-order valence-electron chi connectivity index (χ3n) is 6.95. The number of hydrogen-bond donors (Lipinski definition) is 2. The van der Waals surface area contributed by atoms with Crippen molar-refractivity contribution in [2.75, 3.05) is 6.61 Å². The molecule has 2 bridgehead atoms. The molecule has 0 unspecified atom stereocenters. The van der Waals surface area contributed by atoms with Crippen LogP contribution in [0.5, 0.6) is 0 Å². The van der Waals surface area contributed by atoms with Crippen LogP contribution in [0.4, 0.5) is 0 Å². The fourth-order valence-corrected chi connectivity index (χ4v) is 5.51. The normalized spacial score (nSPS) is 58.3. The fourth-order valence-electron chi connectivity index (χ4n) is 5.51. The van der Waals surface area contributed by atoms with Crippen LogP contribution in [0, 0.1) is 16.7 Å². The summed E-state index contributed by atoms with van der Waals surface area (Å²) in [7, 11) is 0. The Bertz CT molecular complexity index is 556. The Morgan fingerprint density at radius 2 is 2.00 bits per heavy atom. The first-order valence-corrected chi connectivity index (χ1v) is 7.53. The molecular weight excluding hydrogens is 276 g/mol. The van der Waals surface area contributed by atoms with Crippen molar-refractivity contribution in [1.82, 2.24) is 0 Å². The summed E-state index contributed by atoms with van der Waals surface area (Å²) in [6.07, 6.45) is 0.860. The van der Waals surface area contributed by atoms with Gasteiger partial charge in [0.1, 0.15) is 18.3 Å². The maximum atomic E-state index is 12.3. The minimum absolute atomic E-state index is 0.0160. The van der Waals surface area contributed by atoms with Crippen LogP contribution in [-0.4, -0.2) is 46.1 Å². The summed E-state index contributed by atoms with van der Waals surface area (Å²) < 4.78 is 10.3. The third-order valence-corrected chi connectivity index (χ3v) is 6.95. The lowest BCUT2D eigenvalue weighted by molar-refractivity contribution is -0.346. The maximum absolute atomic E-state index is 12.3. The lowest BCUT2D eigenvalue weighted by atomic mass is 9.43. The molecule has 2 saturated heterocycles. The van der Waals surface area contributed by atoms with Gasteiger partial charge in [-0.3, -0.25) is 9.59 Å². The summed E-state index contributed by atoms with van der Waals surface area (Å²) in [5.41, 5.74) is -5.10. The van der Waals surface area contributed by atoms with Crippen molar-refractivity contribution in [3.05, 3.63) is 0 Å². The molecule has 0 radical (unpaired) electrons. The number of carbonyl (C=O) groups is 2. The number of ether oxygens (including phenoxy) is 2. The topological polar surface area (TPSA) is 93.1 Å². The molecule has 0 aromatic carbocycles. The predicted octanol–water partition coefficient (Wildman–Crippen LogP) is 0.147. The zero-order valence-corrected chi connectivity index (χ0v) is 12.2. The van der Waals surface area contributed by atoms with Crippen molar-refractivity contribution in [2.45, 2.75) is 56.8 Å². The second-order valence-electron chi connectivity index (χ2n) is 7.44. The zero-order chi connectivity index (χ0) is 15.3. The molecule has 2 spiro atoms. The molecular formula is C15H20O6. The molecule has 6 heteroatoms. The number of esters is 2. The van der Waals surface area contributed by atoms with Crippen molar-refractivity contribution in [2.24, 2.45) is 16.7 Å². The van der Waals surface area contributed by atoms with Gasteiger partial charge in [-0.15, -0.1) is 0 Å². The number of hydrogen-bond acceptors (Lipinski definition) is 6. The predicted molar refractivity (Wildman–Crippen MR) is 68.9 cm³/mol. The minimum Gasteiger partial charge on any atom is -0.464 e. The van der Waals surface area contributed by atoms with E-state index in [9.17, 15) is 19.8 Å². The van der Waals surface area contributed by atoms with Crippen LogP contribution in [0.25, 0.3) is 0 Å². The van der Waals surface area contributed by atoms with Gasteiger partial charge in [0, 0.05) is 5.41 Å². The molecule has 0 aromatic rings. The molecule has 4 aliphatic rings. The highest BCUT2D eigenvalue weighted by atomic mass is 16.6. The standard InChI is InChI=1S/C15H20O6/c1-8-3-4-15(19)13(8)5-9(21-10(16)6-13)12(2,18)14(15)7-20-11(14)17/h8-9,18-19H,3-7H2,1-2H3/t8-,9-,12+,13-,14+,15-/m1/s1. The molecule has 2 heterocycles. The second-order valence-corrected chi connectivity index (χ2v) is 7.44. The molecule has 116 valence electrons. The minimum atomic E-state index is -1.61. The van der Waals surface area contributed by atoms with Crippen molar-refractivity contribution < 1.29 is 29.3 Å². The van der Waals surface area contributed by atoms with Gasteiger partial charge in [0.2, 0.25) is 0 Å². The quantitative estimate of drug-likeness (QED) is 0.618. The summed E-state index contributed by atoms with van der Waals surface area (Å²) in [5.74, 6) is -0.878. The van der Waals surface area contributed by atoms with Gasteiger partial charge in [0.25, 0.3) is 0 Å². The van der Waals surface area contributed by atoms with E-state index in [0.717, 1.165) is 6.42 Å². The van der Waals surface area contributed by atoms with Gasteiger partial charge in [-0.1, -0.05) is 6.92 Å². The van der Waals surface area contributed by atoms with Gasteiger partial charge in [0.15, 0.2) is 5.41 Å². The Labute approximate surface area is 122 Å². The summed E-state index contributed by atoms with van der Waals surface area (Å²) >= 11 is 0. The fraction of sp³-hybridized carbons (Fsp3) is 0.867. The summed E-state index contributed by atoms with van der Waals surface area (Å²) in [5, 5.41) is 22.5. The molecule has 0 aromatic heterocycles. The largest absolute Gasteiger partial charge is 0.464 e. The lowest BCUT2D eigenvalue weighted by Gasteiger charge is -2.68. The Morgan fingerprint density at radius 1 is 1.29 bits per heavy atom. The van der Waals surface area contributed by atoms with Crippen LogP contribution in [0.15, 0.2) is 0 Å². The first kappa shape index (κ1) is 13.5. The SMILES string of the molecule is C[C@@H]1CC[C@@]2(O)[C@]13CC(=O)O[C@H](C3)[C@](C)(O)[C@@]21COC1=O. The Kier molecular flexibility index (Phi) is 2.21. The third kappa shape index (κ3) is 1.10. The van der Waals surface area contributed by atoms with Gasteiger partial charge in [0.05, 0.1) is 12.0 Å². The van der Waals surface area contributed by atoms with E-state index < -0.39 is 40.1 Å². The molecule has 6 atom stereocenters. The van der Waals surface area contributed by atoms with E-state index in [1.54, 1.807) is 0 Å². The van der Waals surface area contributed by atoms with Crippen LogP contribution in [0.2, 0.25) is 0 Å². The van der Waals surface area contributed by atoms with Crippen LogP contribution in [0.3, 0.4) is 0 Å². The summed E-state index contributed by atoms with van der Waals surface area (Å²) in [6.45, 7) is 3.48. The van der Waals surface area contributed by atoms with Crippen LogP contribution >= 0.6 is 0 Å². The number of carbonyl (C=O) groups excluding carboxylic acids is 2. The molecule has 21 heavy (non-hydrogen) atoms. The number of fused-ring (bicyclic) bond motifs is 2. The van der Waals surface area contributed by atoms with Crippen molar-refractivity contribution in [3.8, 4) is 0 Å². The number of aliphatic hydroxyl groups is 2. The van der Waals surface area contributed by atoms with Crippen LogP contribution in [0.1, 0.15) is 39.5 Å². The molecule has 2 N–H and O–H groups in total. The van der Waals surface area contributed by atoms with E-state index in [2.05, 4.69) is 0 Å². The smallest absolute Gasteiger partial charge is 0.321 e. The van der Waals surface area contributed by atoms with Crippen LogP contribution < -0.4 is 0 Å². The van der Waals surface area contributed by atoms with E-state index in [0.29, 0.717) is 12.8 Å².